The van der Waals surface area contributed by atoms with Crippen molar-refractivity contribution in [3.63, 3.8) is 0 Å². The van der Waals surface area contributed by atoms with Crippen molar-refractivity contribution in [3.05, 3.63) is 48.6 Å². The molecule has 0 fully saturated rings. The number of aliphatic hydroxyl groups is 2. The summed E-state index contributed by atoms with van der Waals surface area (Å²) in [5.74, 6) is -0.0601. The quantitative estimate of drug-likeness (QED) is 0.0421. The number of amides is 1. The molecule has 63 heavy (non-hydrogen) atoms. The van der Waals surface area contributed by atoms with Crippen molar-refractivity contribution >= 4 is 5.91 Å². The third-order valence-corrected chi connectivity index (χ3v) is 13.1. The smallest absolute Gasteiger partial charge is 0.220 e. The second kappa shape index (κ2) is 54.7. The molecule has 0 radical (unpaired) electrons. The number of allylic oxidation sites excluding steroid dienone is 7. The van der Waals surface area contributed by atoms with Crippen LogP contribution in [0.5, 0.6) is 0 Å². The van der Waals surface area contributed by atoms with E-state index in [1.165, 1.54) is 244 Å². The molecule has 1 amide bonds. The number of rotatable bonds is 52. The van der Waals surface area contributed by atoms with Crippen LogP contribution in [0.4, 0.5) is 0 Å². The van der Waals surface area contributed by atoms with Crippen LogP contribution in [0.15, 0.2) is 48.6 Å². The van der Waals surface area contributed by atoms with Crippen LogP contribution in [0.25, 0.3) is 0 Å². The lowest BCUT2D eigenvalue weighted by atomic mass is 10.0. The fraction of sp³-hybridized carbons (Fsp3) is 0.847. The van der Waals surface area contributed by atoms with Gasteiger partial charge in [0.1, 0.15) is 0 Å². The standard InChI is InChI=1S/C59H111NO3/c1-3-5-7-9-11-13-15-17-19-21-22-23-24-25-26-27-28-29-30-31-32-33-34-35-36-37-38-39-41-43-45-47-49-51-53-55-59(63)60-57(56-61)58(62)54-52-50-48-46-44-42-40-20-18-16-14-12-10-8-6-4-2/h15,17,21-22,24-25,52,54,57-58,61-62H,3-14,16,18-20,23,26-51,53,55-56H2,1-2H3,(H,60,63)/b17-15-,22-21-,25-24-,54-52+. The Kier molecular flexibility index (Phi) is 53.3. The van der Waals surface area contributed by atoms with Crippen molar-refractivity contribution in [1.29, 1.82) is 0 Å². The predicted octanol–water partition coefficient (Wildman–Crippen LogP) is 18.6. The second-order valence-corrected chi connectivity index (χ2v) is 19.4. The van der Waals surface area contributed by atoms with Crippen molar-refractivity contribution < 1.29 is 15.0 Å². The van der Waals surface area contributed by atoms with Gasteiger partial charge in [-0.3, -0.25) is 4.79 Å². The first-order chi connectivity index (χ1) is 31.2. The molecule has 4 heteroatoms. The summed E-state index contributed by atoms with van der Waals surface area (Å²) in [5, 5.41) is 23.1. The summed E-state index contributed by atoms with van der Waals surface area (Å²) in [6, 6.07) is -0.621. The minimum absolute atomic E-state index is 0.0601. The van der Waals surface area contributed by atoms with Gasteiger partial charge >= 0.3 is 0 Å². The molecule has 0 rings (SSSR count). The molecule has 0 aliphatic rings. The summed E-state index contributed by atoms with van der Waals surface area (Å²) in [7, 11) is 0. The van der Waals surface area contributed by atoms with E-state index in [1.807, 2.05) is 6.08 Å². The number of carbonyl (C=O) groups is 1. The van der Waals surface area contributed by atoms with Crippen LogP contribution < -0.4 is 5.32 Å². The maximum atomic E-state index is 12.5. The average molecular weight is 883 g/mol. The Morgan fingerprint density at radius 3 is 0.968 bits per heavy atom. The fourth-order valence-electron chi connectivity index (χ4n) is 8.72. The van der Waals surface area contributed by atoms with Crippen molar-refractivity contribution in [1.82, 2.24) is 5.32 Å². The number of hydrogen-bond donors (Lipinski definition) is 3. The highest BCUT2D eigenvalue weighted by Crippen LogP contribution is 2.17. The third kappa shape index (κ3) is 51.2. The van der Waals surface area contributed by atoms with Gasteiger partial charge in [0.15, 0.2) is 0 Å². The van der Waals surface area contributed by atoms with Crippen LogP contribution in [0.3, 0.4) is 0 Å². The minimum atomic E-state index is -0.838. The van der Waals surface area contributed by atoms with Gasteiger partial charge in [-0.1, -0.05) is 287 Å². The van der Waals surface area contributed by atoms with E-state index in [9.17, 15) is 15.0 Å². The Hall–Kier alpha value is -1.65. The van der Waals surface area contributed by atoms with Gasteiger partial charge < -0.3 is 15.5 Å². The zero-order valence-corrected chi connectivity index (χ0v) is 42.6. The molecule has 0 saturated heterocycles. The van der Waals surface area contributed by atoms with Gasteiger partial charge in [-0.05, 0) is 57.8 Å². The zero-order valence-electron chi connectivity index (χ0n) is 42.6. The highest BCUT2D eigenvalue weighted by atomic mass is 16.3. The van der Waals surface area contributed by atoms with Crippen LogP contribution in [-0.2, 0) is 4.79 Å². The molecule has 3 N–H and O–H groups in total. The normalized spacial score (nSPS) is 13.1. The lowest BCUT2D eigenvalue weighted by Gasteiger charge is -2.20. The second-order valence-electron chi connectivity index (χ2n) is 19.4. The third-order valence-electron chi connectivity index (χ3n) is 13.1. The number of nitrogens with one attached hydrogen (secondary N) is 1. The molecular formula is C59H111NO3. The Bertz CT molecular complexity index is 1000. The molecule has 2 unspecified atom stereocenters. The molecular weight excluding hydrogens is 771 g/mol. The van der Waals surface area contributed by atoms with Gasteiger partial charge in [0.2, 0.25) is 5.91 Å². The Labute approximate surface area is 394 Å². The molecule has 0 aromatic heterocycles. The maximum absolute atomic E-state index is 12.5. The van der Waals surface area contributed by atoms with Crippen molar-refractivity contribution in [2.24, 2.45) is 0 Å². The van der Waals surface area contributed by atoms with Gasteiger partial charge in [-0.2, -0.15) is 0 Å². The summed E-state index contributed by atoms with van der Waals surface area (Å²) in [6.07, 6.45) is 75.6. The lowest BCUT2D eigenvalue weighted by Crippen LogP contribution is -2.45. The number of aliphatic hydroxyl groups excluding tert-OH is 2. The molecule has 2 atom stereocenters. The fourth-order valence-corrected chi connectivity index (χ4v) is 8.72. The molecule has 370 valence electrons. The molecule has 4 nitrogen and oxygen atoms in total. The first-order valence-corrected chi connectivity index (χ1v) is 28.4. The van der Waals surface area contributed by atoms with Gasteiger partial charge in [0, 0.05) is 6.42 Å². The van der Waals surface area contributed by atoms with Gasteiger partial charge in [-0.15, -0.1) is 0 Å². The van der Waals surface area contributed by atoms with Crippen molar-refractivity contribution in [2.45, 2.75) is 315 Å². The molecule has 0 aliphatic carbocycles. The molecule has 0 bridgehead atoms. The van der Waals surface area contributed by atoms with Crippen LogP contribution >= 0.6 is 0 Å². The number of carbonyl (C=O) groups excluding carboxylic acids is 1. The van der Waals surface area contributed by atoms with Crippen LogP contribution in [0.2, 0.25) is 0 Å². The van der Waals surface area contributed by atoms with Gasteiger partial charge in [0.25, 0.3) is 0 Å². The number of unbranched alkanes of at least 4 members (excludes halogenated alkanes) is 39. The maximum Gasteiger partial charge on any atom is 0.220 e. The minimum Gasteiger partial charge on any atom is -0.394 e. The summed E-state index contributed by atoms with van der Waals surface area (Å²) in [6.45, 7) is 4.32. The van der Waals surface area contributed by atoms with Crippen LogP contribution in [0, 0.1) is 0 Å². The van der Waals surface area contributed by atoms with E-state index in [-0.39, 0.29) is 12.5 Å². The zero-order chi connectivity index (χ0) is 45.6. The Balaban J connectivity index is 3.44. The molecule has 0 heterocycles. The first kappa shape index (κ1) is 61.4. The summed E-state index contributed by atoms with van der Waals surface area (Å²) < 4.78 is 0. The van der Waals surface area contributed by atoms with E-state index >= 15 is 0 Å². The van der Waals surface area contributed by atoms with E-state index in [0.29, 0.717) is 6.42 Å². The highest BCUT2D eigenvalue weighted by Gasteiger charge is 2.18. The van der Waals surface area contributed by atoms with Gasteiger partial charge in [0.05, 0.1) is 18.8 Å². The molecule has 0 aliphatic heterocycles. The van der Waals surface area contributed by atoms with Crippen LogP contribution in [-0.4, -0.2) is 34.9 Å². The summed E-state index contributed by atoms with van der Waals surface area (Å²) in [4.78, 5) is 12.5. The van der Waals surface area contributed by atoms with Gasteiger partial charge in [-0.25, -0.2) is 0 Å². The SMILES string of the molecule is CCCCCCC/C=C\C/C=C\C/C=C\CCCCCCCCCCCCCCCCCCCCCCC(=O)NC(CO)C(O)/C=C/CCCCCCCCCCCCCCCC. The first-order valence-electron chi connectivity index (χ1n) is 28.4. The molecule has 0 aromatic rings. The van der Waals surface area contributed by atoms with Crippen molar-refractivity contribution in [2.75, 3.05) is 6.61 Å². The van der Waals surface area contributed by atoms with E-state index in [4.69, 9.17) is 0 Å². The molecule has 0 aromatic carbocycles. The average Bonchev–Trinajstić information content (AvgIpc) is 3.29. The van der Waals surface area contributed by atoms with E-state index in [0.717, 1.165) is 38.5 Å². The number of hydrogen-bond acceptors (Lipinski definition) is 3. The van der Waals surface area contributed by atoms with E-state index in [2.05, 4.69) is 55.6 Å². The van der Waals surface area contributed by atoms with Crippen LogP contribution in [0.1, 0.15) is 303 Å². The molecule has 0 saturated carbocycles. The largest absolute Gasteiger partial charge is 0.394 e. The highest BCUT2D eigenvalue weighted by molar-refractivity contribution is 5.76. The summed E-state index contributed by atoms with van der Waals surface area (Å²) in [5.41, 5.74) is 0. The Morgan fingerprint density at radius 2 is 0.651 bits per heavy atom. The van der Waals surface area contributed by atoms with E-state index in [1.54, 1.807) is 6.08 Å². The molecule has 0 spiro atoms. The van der Waals surface area contributed by atoms with E-state index < -0.39 is 12.1 Å². The lowest BCUT2D eigenvalue weighted by molar-refractivity contribution is -0.123. The topological polar surface area (TPSA) is 69.6 Å². The summed E-state index contributed by atoms with van der Waals surface area (Å²) >= 11 is 0. The Morgan fingerprint density at radius 1 is 0.381 bits per heavy atom. The van der Waals surface area contributed by atoms with Crippen molar-refractivity contribution in [3.8, 4) is 0 Å². The predicted molar refractivity (Wildman–Crippen MR) is 281 cm³/mol. The monoisotopic (exact) mass is 882 g/mol.